The molecule has 2 aromatic heterocycles. The van der Waals surface area contributed by atoms with Gasteiger partial charge in [-0.2, -0.15) is 0 Å². The molecule has 2 heterocycles. The molecule has 53 heavy (non-hydrogen) atoms. The minimum absolute atomic E-state index is 0.601. The molecule has 4 heteroatoms. The van der Waals surface area contributed by atoms with Crippen LogP contribution in [-0.2, 0) is 0 Å². The van der Waals surface area contributed by atoms with E-state index in [1.807, 2.05) is 42.5 Å². The van der Waals surface area contributed by atoms with Crippen molar-refractivity contribution in [2.75, 3.05) is 0 Å². The highest BCUT2D eigenvalue weighted by Gasteiger charge is 2.21. The third-order valence-electron chi connectivity index (χ3n) is 10.5. The fourth-order valence-electron chi connectivity index (χ4n) is 8.02. The maximum absolute atomic E-state index is 6.84. The van der Waals surface area contributed by atoms with Gasteiger partial charge in [0, 0.05) is 33.0 Å². The van der Waals surface area contributed by atoms with Gasteiger partial charge in [0.15, 0.2) is 17.5 Å². The number of furan rings is 1. The van der Waals surface area contributed by atoms with Gasteiger partial charge in [0.2, 0.25) is 0 Å². The van der Waals surface area contributed by atoms with Crippen LogP contribution < -0.4 is 0 Å². The molecular formula is C49H29N3O. The number of nitrogens with zero attached hydrogens (tertiary/aromatic N) is 3. The van der Waals surface area contributed by atoms with Crippen LogP contribution in [0.25, 0.3) is 110 Å². The molecule has 0 fully saturated rings. The summed E-state index contributed by atoms with van der Waals surface area (Å²) in [5.74, 6) is 1.85. The van der Waals surface area contributed by atoms with Crippen LogP contribution in [0.1, 0.15) is 0 Å². The summed E-state index contributed by atoms with van der Waals surface area (Å²) in [7, 11) is 0. The molecule has 246 valence electrons. The number of hydrogen-bond donors (Lipinski definition) is 0. The number of hydrogen-bond acceptors (Lipinski definition) is 4. The minimum Gasteiger partial charge on any atom is -0.455 e. The van der Waals surface area contributed by atoms with Gasteiger partial charge in [-0.3, -0.25) is 0 Å². The summed E-state index contributed by atoms with van der Waals surface area (Å²) in [6.45, 7) is 0. The van der Waals surface area contributed by atoms with Crippen molar-refractivity contribution in [2.45, 2.75) is 0 Å². The maximum atomic E-state index is 6.84. The van der Waals surface area contributed by atoms with E-state index in [0.29, 0.717) is 17.5 Å². The van der Waals surface area contributed by atoms with E-state index in [4.69, 9.17) is 19.4 Å². The average Bonchev–Trinajstić information content (AvgIpc) is 3.62. The van der Waals surface area contributed by atoms with Gasteiger partial charge in [0.25, 0.3) is 0 Å². The first-order chi connectivity index (χ1) is 26.3. The summed E-state index contributed by atoms with van der Waals surface area (Å²) in [5, 5.41) is 11.7. The molecule has 0 N–H and O–H groups in total. The molecule has 0 saturated carbocycles. The fraction of sp³-hybridized carbons (Fsp3) is 0. The van der Waals surface area contributed by atoms with Crippen LogP contribution in [0.3, 0.4) is 0 Å². The Balaban J connectivity index is 1.15. The average molecular weight is 676 g/mol. The van der Waals surface area contributed by atoms with Crippen molar-refractivity contribution in [2.24, 2.45) is 0 Å². The summed E-state index contributed by atoms with van der Waals surface area (Å²) in [4.78, 5) is 15.3. The highest BCUT2D eigenvalue weighted by atomic mass is 16.3. The van der Waals surface area contributed by atoms with Gasteiger partial charge in [0.05, 0.1) is 0 Å². The Morgan fingerprint density at radius 3 is 1.81 bits per heavy atom. The van der Waals surface area contributed by atoms with Crippen molar-refractivity contribution >= 4 is 65.0 Å². The normalized spacial score (nSPS) is 11.8. The van der Waals surface area contributed by atoms with E-state index in [0.717, 1.165) is 55.1 Å². The number of aromatic nitrogens is 3. The topological polar surface area (TPSA) is 51.8 Å². The van der Waals surface area contributed by atoms with E-state index >= 15 is 0 Å². The maximum Gasteiger partial charge on any atom is 0.164 e. The molecule has 0 aliphatic carbocycles. The van der Waals surface area contributed by atoms with Crippen LogP contribution in [0.5, 0.6) is 0 Å². The van der Waals surface area contributed by atoms with Crippen molar-refractivity contribution in [3.05, 3.63) is 176 Å². The first-order valence-corrected chi connectivity index (χ1v) is 17.9. The number of fused-ring (bicyclic) bond motifs is 9. The van der Waals surface area contributed by atoms with E-state index in [1.165, 1.54) is 37.7 Å². The molecule has 0 spiro atoms. The standard InChI is InChI=1S/C49H29N3O/c1-2-14-32(15-3-1)47-50-48(35-27-24-30-12-4-5-16-33(30)28-35)52-49(51-47)41-22-11-23-43-45(41)40-21-10-20-39(46(40)53-43)42-29-34-26-25-31-13-6-7-17-36(31)44(34)38-19-9-8-18-37(38)42/h1-29H. The van der Waals surface area contributed by atoms with Crippen LogP contribution in [0.15, 0.2) is 180 Å². The summed E-state index contributed by atoms with van der Waals surface area (Å²) >= 11 is 0. The van der Waals surface area contributed by atoms with E-state index < -0.39 is 0 Å². The Morgan fingerprint density at radius 1 is 0.321 bits per heavy atom. The molecule has 9 aromatic carbocycles. The highest BCUT2D eigenvalue weighted by Crippen LogP contribution is 2.44. The first-order valence-electron chi connectivity index (χ1n) is 17.9. The number of para-hydroxylation sites is 1. The lowest BCUT2D eigenvalue weighted by Gasteiger charge is -2.13. The molecule has 0 saturated heterocycles. The van der Waals surface area contributed by atoms with Gasteiger partial charge in [-0.05, 0) is 66.9 Å². The van der Waals surface area contributed by atoms with E-state index in [2.05, 4.69) is 133 Å². The number of benzene rings is 9. The molecule has 0 unspecified atom stereocenters. The van der Waals surface area contributed by atoms with E-state index in [1.54, 1.807) is 0 Å². The Kier molecular flexibility index (Phi) is 6.52. The predicted octanol–water partition coefficient (Wildman–Crippen LogP) is 13.1. The number of rotatable bonds is 4. The van der Waals surface area contributed by atoms with Gasteiger partial charge in [0.1, 0.15) is 11.2 Å². The summed E-state index contributed by atoms with van der Waals surface area (Å²) in [6, 6.07) is 61.6. The van der Waals surface area contributed by atoms with Crippen molar-refractivity contribution in [3.8, 4) is 45.3 Å². The zero-order chi connectivity index (χ0) is 34.9. The van der Waals surface area contributed by atoms with Crippen LogP contribution in [-0.4, -0.2) is 15.0 Å². The molecule has 4 nitrogen and oxygen atoms in total. The second kappa shape index (κ2) is 11.7. The summed E-state index contributed by atoms with van der Waals surface area (Å²) in [6.07, 6.45) is 0. The molecule has 11 rings (SSSR count). The molecule has 11 aromatic rings. The van der Waals surface area contributed by atoms with Gasteiger partial charge in [-0.1, -0.05) is 158 Å². The Morgan fingerprint density at radius 2 is 0.943 bits per heavy atom. The smallest absolute Gasteiger partial charge is 0.164 e. The highest BCUT2D eigenvalue weighted by molar-refractivity contribution is 6.25. The van der Waals surface area contributed by atoms with Crippen LogP contribution >= 0.6 is 0 Å². The Hall–Kier alpha value is -7.17. The Bertz CT molecular complexity index is 3240. The third kappa shape index (κ3) is 4.73. The van der Waals surface area contributed by atoms with Gasteiger partial charge < -0.3 is 4.42 Å². The summed E-state index contributed by atoms with van der Waals surface area (Å²) in [5.41, 5.74) is 6.58. The van der Waals surface area contributed by atoms with Crippen LogP contribution in [0.2, 0.25) is 0 Å². The largest absolute Gasteiger partial charge is 0.455 e. The van der Waals surface area contributed by atoms with Crippen LogP contribution in [0, 0.1) is 0 Å². The summed E-state index contributed by atoms with van der Waals surface area (Å²) < 4.78 is 6.84. The molecule has 0 aliphatic rings. The molecule has 0 amide bonds. The second-order valence-corrected chi connectivity index (χ2v) is 13.6. The van der Waals surface area contributed by atoms with Crippen LogP contribution in [0.4, 0.5) is 0 Å². The molecular weight excluding hydrogens is 647 g/mol. The molecule has 0 atom stereocenters. The first kappa shape index (κ1) is 29.5. The fourth-order valence-corrected chi connectivity index (χ4v) is 8.02. The third-order valence-corrected chi connectivity index (χ3v) is 10.5. The zero-order valence-electron chi connectivity index (χ0n) is 28.5. The zero-order valence-corrected chi connectivity index (χ0v) is 28.5. The molecule has 0 aliphatic heterocycles. The lowest BCUT2D eigenvalue weighted by atomic mass is 9.90. The predicted molar refractivity (Wildman–Crippen MR) is 219 cm³/mol. The van der Waals surface area contributed by atoms with Gasteiger partial charge >= 0.3 is 0 Å². The van der Waals surface area contributed by atoms with Crippen molar-refractivity contribution in [1.82, 2.24) is 15.0 Å². The van der Waals surface area contributed by atoms with Crippen molar-refractivity contribution < 1.29 is 4.42 Å². The lowest BCUT2D eigenvalue weighted by molar-refractivity contribution is 0.670. The second-order valence-electron chi connectivity index (χ2n) is 13.6. The lowest BCUT2D eigenvalue weighted by Crippen LogP contribution is -2.00. The van der Waals surface area contributed by atoms with Crippen molar-refractivity contribution in [1.29, 1.82) is 0 Å². The SMILES string of the molecule is c1ccc(-c2nc(-c3ccc4ccccc4c3)nc(-c3cccc4oc5c(-c6cc7ccc8ccccc8c7c7ccccc67)cccc5c34)n2)cc1. The molecule has 0 radical (unpaired) electrons. The van der Waals surface area contributed by atoms with Gasteiger partial charge in [-0.25, -0.2) is 15.0 Å². The minimum atomic E-state index is 0.601. The van der Waals surface area contributed by atoms with E-state index in [-0.39, 0.29) is 0 Å². The quantitative estimate of drug-likeness (QED) is 0.174. The van der Waals surface area contributed by atoms with E-state index in [9.17, 15) is 0 Å². The van der Waals surface area contributed by atoms with Crippen molar-refractivity contribution in [3.63, 3.8) is 0 Å². The Labute approximate surface area is 304 Å². The molecule has 0 bridgehead atoms. The van der Waals surface area contributed by atoms with Gasteiger partial charge in [-0.15, -0.1) is 0 Å². The monoisotopic (exact) mass is 675 g/mol.